The van der Waals surface area contributed by atoms with Gasteiger partial charge in [0.25, 0.3) is 0 Å². The Morgan fingerprint density at radius 3 is 2.85 bits per heavy atom. The fourth-order valence-electron chi connectivity index (χ4n) is 3.16. The van der Waals surface area contributed by atoms with Crippen LogP contribution < -0.4 is 0 Å². The van der Waals surface area contributed by atoms with Crippen LogP contribution in [0.25, 0.3) is 11.1 Å². The maximum absolute atomic E-state index is 9.64. The highest BCUT2D eigenvalue weighted by Gasteiger charge is 2.15. The van der Waals surface area contributed by atoms with Gasteiger partial charge in [-0.3, -0.25) is 4.68 Å². The Balaban J connectivity index is 1.77. The van der Waals surface area contributed by atoms with Gasteiger partial charge in [-0.05, 0) is 48.9 Å². The van der Waals surface area contributed by atoms with Crippen LogP contribution in [0.15, 0.2) is 30.6 Å². The Morgan fingerprint density at radius 2 is 2.05 bits per heavy atom. The van der Waals surface area contributed by atoms with Gasteiger partial charge in [0.1, 0.15) is 5.75 Å². The van der Waals surface area contributed by atoms with Gasteiger partial charge < -0.3 is 5.11 Å². The molecular weight excluding hydrogens is 248 g/mol. The van der Waals surface area contributed by atoms with Gasteiger partial charge in [0.15, 0.2) is 0 Å². The number of hydrogen-bond acceptors (Lipinski definition) is 2. The number of aryl methyl sites for hydroxylation is 1. The van der Waals surface area contributed by atoms with Crippen LogP contribution >= 0.6 is 0 Å². The molecule has 0 amide bonds. The lowest BCUT2D eigenvalue weighted by Gasteiger charge is -2.21. The van der Waals surface area contributed by atoms with E-state index in [-0.39, 0.29) is 0 Å². The lowest BCUT2D eigenvalue weighted by molar-refractivity contribution is 0.308. The van der Waals surface area contributed by atoms with Crippen molar-refractivity contribution in [1.82, 2.24) is 9.78 Å². The predicted molar refractivity (Wildman–Crippen MR) is 80.6 cm³/mol. The maximum Gasteiger partial charge on any atom is 0.116 e. The molecule has 1 aliphatic carbocycles. The Hall–Kier alpha value is -1.77. The van der Waals surface area contributed by atoms with E-state index < -0.39 is 0 Å². The number of phenols is 1. The molecule has 1 heterocycles. The first-order chi connectivity index (χ1) is 9.72. The lowest BCUT2D eigenvalue weighted by atomic mass is 9.89. The Morgan fingerprint density at radius 1 is 1.25 bits per heavy atom. The van der Waals surface area contributed by atoms with Crippen molar-refractivity contribution in [2.45, 2.75) is 45.6 Å². The molecule has 3 nitrogen and oxygen atoms in total. The van der Waals surface area contributed by atoms with E-state index in [0.29, 0.717) is 5.75 Å². The third kappa shape index (κ3) is 2.87. The molecule has 1 fully saturated rings. The largest absolute Gasteiger partial charge is 0.508 e. The zero-order valence-corrected chi connectivity index (χ0v) is 12.0. The minimum Gasteiger partial charge on any atom is -0.508 e. The molecule has 0 atom stereocenters. The molecule has 1 N–H and O–H groups in total. The molecule has 20 heavy (non-hydrogen) atoms. The minimum atomic E-state index is 0.311. The molecule has 3 rings (SSSR count). The van der Waals surface area contributed by atoms with Crippen molar-refractivity contribution in [1.29, 1.82) is 0 Å². The standard InChI is InChI=1S/C17H22N2O/c1-13-7-8-16(20)9-17(13)15-10-18-19(12-15)11-14-5-3-2-4-6-14/h7-10,12,14,20H,2-6,11H2,1H3. The summed E-state index contributed by atoms with van der Waals surface area (Å²) in [6, 6.07) is 5.49. The smallest absolute Gasteiger partial charge is 0.116 e. The van der Waals surface area contributed by atoms with E-state index in [2.05, 4.69) is 22.9 Å². The summed E-state index contributed by atoms with van der Waals surface area (Å²) in [5, 5.41) is 14.1. The average Bonchev–Trinajstić information content (AvgIpc) is 2.91. The van der Waals surface area contributed by atoms with E-state index in [9.17, 15) is 5.11 Å². The van der Waals surface area contributed by atoms with Crippen LogP contribution in [0.1, 0.15) is 37.7 Å². The summed E-state index contributed by atoms with van der Waals surface area (Å²) in [7, 11) is 0. The van der Waals surface area contributed by atoms with Crippen molar-refractivity contribution in [3.63, 3.8) is 0 Å². The maximum atomic E-state index is 9.64. The second-order valence-corrected chi connectivity index (χ2v) is 5.95. The number of aromatic nitrogens is 2. The Labute approximate surface area is 120 Å². The van der Waals surface area contributed by atoms with Crippen molar-refractivity contribution < 1.29 is 5.11 Å². The van der Waals surface area contributed by atoms with Crippen LogP contribution in [0.4, 0.5) is 0 Å². The first kappa shape index (κ1) is 13.2. The van der Waals surface area contributed by atoms with Gasteiger partial charge in [-0.1, -0.05) is 25.3 Å². The molecule has 0 radical (unpaired) electrons. The van der Waals surface area contributed by atoms with Crippen molar-refractivity contribution in [2.24, 2.45) is 5.92 Å². The quantitative estimate of drug-likeness (QED) is 0.910. The zero-order chi connectivity index (χ0) is 13.9. The first-order valence-corrected chi connectivity index (χ1v) is 7.55. The number of nitrogens with zero attached hydrogens (tertiary/aromatic N) is 2. The number of aromatic hydroxyl groups is 1. The van der Waals surface area contributed by atoms with Crippen LogP contribution in [0.3, 0.4) is 0 Å². The van der Waals surface area contributed by atoms with Gasteiger partial charge in [0.2, 0.25) is 0 Å². The molecule has 0 aliphatic heterocycles. The van der Waals surface area contributed by atoms with E-state index in [1.807, 2.05) is 18.3 Å². The monoisotopic (exact) mass is 270 g/mol. The van der Waals surface area contributed by atoms with Gasteiger partial charge in [0.05, 0.1) is 6.20 Å². The highest BCUT2D eigenvalue weighted by molar-refractivity contribution is 5.67. The SMILES string of the molecule is Cc1ccc(O)cc1-c1cnn(CC2CCCCC2)c1. The second-order valence-electron chi connectivity index (χ2n) is 5.95. The van der Waals surface area contributed by atoms with E-state index >= 15 is 0 Å². The Bertz CT molecular complexity index is 582. The summed E-state index contributed by atoms with van der Waals surface area (Å²) < 4.78 is 2.06. The molecular formula is C17H22N2O. The molecule has 1 aromatic heterocycles. The molecule has 1 saturated carbocycles. The molecule has 1 aromatic carbocycles. The van der Waals surface area contributed by atoms with Crippen LogP contribution in [-0.4, -0.2) is 14.9 Å². The minimum absolute atomic E-state index is 0.311. The number of phenolic OH excluding ortho intramolecular Hbond substituents is 1. The molecule has 0 spiro atoms. The second kappa shape index (κ2) is 5.70. The topological polar surface area (TPSA) is 38.1 Å². The summed E-state index contributed by atoms with van der Waals surface area (Å²) in [5.41, 5.74) is 3.33. The summed E-state index contributed by atoms with van der Waals surface area (Å²) in [6.45, 7) is 3.09. The van der Waals surface area contributed by atoms with Crippen LogP contribution in [0.5, 0.6) is 5.75 Å². The van der Waals surface area contributed by atoms with Crippen molar-refractivity contribution in [3.05, 3.63) is 36.2 Å². The van der Waals surface area contributed by atoms with Crippen LogP contribution in [0, 0.1) is 12.8 Å². The summed E-state index contributed by atoms with van der Waals surface area (Å²) in [4.78, 5) is 0. The molecule has 3 heteroatoms. The van der Waals surface area contributed by atoms with Crippen LogP contribution in [-0.2, 0) is 6.54 Å². The van der Waals surface area contributed by atoms with E-state index in [4.69, 9.17) is 0 Å². The molecule has 0 unspecified atom stereocenters. The molecule has 2 aromatic rings. The van der Waals surface area contributed by atoms with Crippen LogP contribution in [0.2, 0.25) is 0 Å². The molecule has 1 aliphatic rings. The summed E-state index contributed by atoms with van der Waals surface area (Å²) in [5.74, 6) is 1.09. The Kier molecular flexibility index (Phi) is 3.77. The zero-order valence-electron chi connectivity index (χ0n) is 12.0. The van der Waals surface area contributed by atoms with Crippen molar-refractivity contribution in [2.75, 3.05) is 0 Å². The third-order valence-corrected chi connectivity index (χ3v) is 4.34. The van der Waals surface area contributed by atoms with E-state index in [1.54, 1.807) is 6.07 Å². The summed E-state index contributed by atoms with van der Waals surface area (Å²) in [6.07, 6.45) is 10.8. The lowest BCUT2D eigenvalue weighted by Crippen LogP contribution is -2.14. The highest BCUT2D eigenvalue weighted by Crippen LogP contribution is 2.28. The van der Waals surface area contributed by atoms with Crippen molar-refractivity contribution >= 4 is 0 Å². The van der Waals surface area contributed by atoms with Crippen molar-refractivity contribution in [3.8, 4) is 16.9 Å². The van der Waals surface area contributed by atoms with Gasteiger partial charge in [0, 0.05) is 18.3 Å². The van der Waals surface area contributed by atoms with Gasteiger partial charge >= 0.3 is 0 Å². The van der Waals surface area contributed by atoms with Gasteiger partial charge in [-0.15, -0.1) is 0 Å². The summed E-state index contributed by atoms with van der Waals surface area (Å²) >= 11 is 0. The normalized spacial score (nSPS) is 16.4. The van der Waals surface area contributed by atoms with E-state index in [0.717, 1.165) is 23.6 Å². The molecule has 106 valence electrons. The predicted octanol–water partition coefficient (Wildman–Crippen LogP) is 4.14. The first-order valence-electron chi connectivity index (χ1n) is 7.55. The van der Waals surface area contributed by atoms with E-state index in [1.165, 1.54) is 37.7 Å². The fraction of sp³-hybridized carbons (Fsp3) is 0.471. The van der Waals surface area contributed by atoms with Gasteiger partial charge in [-0.2, -0.15) is 5.10 Å². The average molecular weight is 270 g/mol. The molecule has 0 bridgehead atoms. The number of hydrogen-bond donors (Lipinski definition) is 1. The third-order valence-electron chi connectivity index (χ3n) is 4.34. The highest BCUT2D eigenvalue weighted by atomic mass is 16.3. The fourth-order valence-corrected chi connectivity index (χ4v) is 3.16. The number of benzene rings is 1. The number of rotatable bonds is 3. The van der Waals surface area contributed by atoms with Gasteiger partial charge in [-0.25, -0.2) is 0 Å². The molecule has 0 saturated heterocycles.